The monoisotopic (exact) mass is 451 g/mol. The van der Waals surface area contributed by atoms with Gasteiger partial charge in [0.25, 0.3) is 5.56 Å². The Morgan fingerprint density at radius 3 is 2.38 bits per heavy atom. The second-order valence-corrected chi connectivity index (χ2v) is 7.56. The largest absolute Gasteiger partial charge is 0.496 e. The Kier molecular flexibility index (Phi) is 5.86. The highest BCUT2D eigenvalue weighted by Gasteiger charge is 2.36. The van der Waals surface area contributed by atoms with Crippen LogP contribution in [0.4, 0.5) is 13.2 Å². The average Bonchev–Trinajstić information content (AvgIpc) is 2.72. The highest BCUT2D eigenvalue weighted by atomic mass is 19.4. The van der Waals surface area contributed by atoms with E-state index in [2.05, 4.69) is 4.98 Å². The molecule has 170 valence electrons. The summed E-state index contributed by atoms with van der Waals surface area (Å²) in [5.74, 6) is -0.958. The first-order chi connectivity index (χ1) is 14.9. The van der Waals surface area contributed by atoms with Gasteiger partial charge in [0.1, 0.15) is 17.0 Å². The summed E-state index contributed by atoms with van der Waals surface area (Å²) in [4.78, 5) is 41.3. The number of aromatic nitrogens is 3. The fraction of sp³-hybridized carbons (Fsp3) is 0.333. The van der Waals surface area contributed by atoms with Gasteiger partial charge in [-0.15, -0.1) is 0 Å². The molecule has 0 radical (unpaired) electrons. The van der Waals surface area contributed by atoms with E-state index in [1.807, 2.05) is 0 Å². The van der Waals surface area contributed by atoms with Crippen molar-refractivity contribution in [3.05, 3.63) is 68.5 Å². The number of alkyl halides is 3. The Morgan fingerprint density at radius 2 is 1.78 bits per heavy atom. The van der Waals surface area contributed by atoms with Crippen LogP contribution in [0.3, 0.4) is 0 Å². The number of fused-ring (bicyclic) bond motifs is 1. The van der Waals surface area contributed by atoms with Crippen LogP contribution < -0.4 is 16.0 Å². The molecule has 2 aromatic heterocycles. The number of para-hydroxylation sites is 1. The van der Waals surface area contributed by atoms with Crippen molar-refractivity contribution in [1.29, 1.82) is 0 Å². The molecule has 0 aliphatic carbocycles. The number of ether oxygens (including phenoxy) is 1. The van der Waals surface area contributed by atoms with Crippen LogP contribution >= 0.6 is 0 Å². The van der Waals surface area contributed by atoms with Gasteiger partial charge >= 0.3 is 17.8 Å². The number of pyridine rings is 1. The molecule has 0 aliphatic heterocycles. The number of rotatable bonds is 6. The van der Waals surface area contributed by atoms with Crippen molar-refractivity contribution in [3.8, 4) is 5.75 Å². The molecule has 0 bridgehead atoms. The highest BCUT2D eigenvalue weighted by Crippen LogP contribution is 2.28. The maximum atomic E-state index is 13.2. The highest BCUT2D eigenvalue weighted by molar-refractivity contribution is 5.78. The third-order valence-corrected chi connectivity index (χ3v) is 5.16. The van der Waals surface area contributed by atoms with E-state index in [1.165, 1.54) is 7.11 Å². The summed E-state index contributed by atoms with van der Waals surface area (Å²) in [7, 11) is 1.47. The van der Waals surface area contributed by atoms with Crippen LogP contribution in [0.2, 0.25) is 0 Å². The van der Waals surface area contributed by atoms with E-state index in [9.17, 15) is 32.7 Å². The second-order valence-electron chi connectivity index (χ2n) is 7.56. The minimum absolute atomic E-state index is 0.0568. The van der Waals surface area contributed by atoms with E-state index in [0.29, 0.717) is 21.9 Å². The zero-order valence-electron chi connectivity index (χ0n) is 17.4. The number of aryl methyl sites for hydroxylation is 2. The van der Waals surface area contributed by atoms with Crippen LogP contribution in [-0.4, -0.2) is 32.3 Å². The molecule has 0 spiro atoms. The Balaban J connectivity index is 2.29. The summed E-state index contributed by atoms with van der Waals surface area (Å²) in [6, 6.07) is 8.64. The third-order valence-electron chi connectivity index (χ3n) is 5.16. The summed E-state index contributed by atoms with van der Waals surface area (Å²) in [5, 5.41) is 9.54. The number of carboxylic acid groups (broad SMARTS) is 1. The van der Waals surface area contributed by atoms with Crippen molar-refractivity contribution >= 4 is 17.0 Å². The molecule has 0 aliphatic rings. The molecule has 1 N–H and O–H groups in total. The lowest BCUT2D eigenvalue weighted by Gasteiger charge is -2.24. The van der Waals surface area contributed by atoms with Gasteiger partial charge in [-0.1, -0.05) is 18.2 Å². The van der Waals surface area contributed by atoms with Crippen molar-refractivity contribution in [3.63, 3.8) is 0 Å². The SMILES string of the molecule is COc1ccccc1CCn1c(=O)n(C(C)(C)C(=O)O)c(=O)c2nc(C(F)(F)F)ccc21. The minimum atomic E-state index is -4.83. The molecular weight excluding hydrogens is 431 g/mol. The maximum Gasteiger partial charge on any atom is 0.433 e. The van der Waals surface area contributed by atoms with Gasteiger partial charge in [-0.25, -0.2) is 19.1 Å². The number of benzene rings is 1. The lowest BCUT2D eigenvalue weighted by atomic mass is 10.1. The molecule has 3 rings (SSSR count). The average molecular weight is 451 g/mol. The number of halogens is 3. The Hall–Kier alpha value is -3.63. The topological polar surface area (TPSA) is 103 Å². The molecular formula is C21H20F3N3O5. The Morgan fingerprint density at radius 1 is 1.12 bits per heavy atom. The zero-order valence-corrected chi connectivity index (χ0v) is 17.4. The van der Waals surface area contributed by atoms with Crippen LogP contribution in [0.15, 0.2) is 46.0 Å². The molecule has 0 atom stereocenters. The number of hydrogen-bond donors (Lipinski definition) is 1. The summed E-state index contributed by atoms with van der Waals surface area (Å²) in [5.41, 5.74) is -5.58. The molecule has 32 heavy (non-hydrogen) atoms. The molecule has 3 aromatic rings. The van der Waals surface area contributed by atoms with Gasteiger partial charge in [-0.05, 0) is 44.0 Å². The maximum absolute atomic E-state index is 13.2. The number of hydrogen-bond acceptors (Lipinski definition) is 5. The van der Waals surface area contributed by atoms with E-state index < -0.39 is 40.1 Å². The quantitative estimate of drug-likeness (QED) is 0.618. The van der Waals surface area contributed by atoms with E-state index in [4.69, 9.17) is 4.74 Å². The van der Waals surface area contributed by atoms with Crippen molar-refractivity contribution in [1.82, 2.24) is 14.1 Å². The van der Waals surface area contributed by atoms with Gasteiger partial charge in [0.15, 0.2) is 5.52 Å². The normalized spacial score (nSPS) is 12.2. The number of carbonyl (C=O) groups is 1. The lowest BCUT2D eigenvalue weighted by molar-refractivity contribution is -0.146. The van der Waals surface area contributed by atoms with Crippen molar-refractivity contribution < 1.29 is 27.8 Å². The Bertz CT molecular complexity index is 1310. The van der Waals surface area contributed by atoms with Gasteiger partial charge in [0, 0.05) is 6.54 Å². The smallest absolute Gasteiger partial charge is 0.433 e. The number of nitrogens with zero attached hydrogens (tertiary/aromatic N) is 3. The summed E-state index contributed by atoms with van der Waals surface area (Å²) in [6.45, 7) is 2.17. The van der Waals surface area contributed by atoms with E-state index >= 15 is 0 Å². The van der Waals surface area contributed by atoms with E-state index in [1.54, 1.807) is 24.3 Å². The zero-order chi connectivity index (χ0) is 23.8. The van der Waals surface area contributed by atoms with Gasteiger partial charge in [-0.3, -0.25) is 9.36 Å². The molecule has 0 saturated carbocycles. The van der Waals surface area contributed by atoms with Gasteiger partial charge < -0.3 is 9.84 Å². The van der Waals surface area contributed by atoms with Crippen molar-refractivity contribution in [2.45, 2.75) is 38.5 Å². The number of carboxylic acids is 1. The molecule has 1 aromatic carbocycles. The van der Waals surface area contributed by atoms with Crippen LogP contribution in [0.1, 0.15) is 25.1 Å². The summed E-state index contributed by atoms with van der Waals surface area (Å²) in [6.07, 6.45) is -4.60. The lowest BCUT2D eigenvalue weighted by Crippen LogP contribution is -2.53. The summed E-state index contributed by atoms with van der Waals surface area (Å²) < 4.78 is 46.3. The molecule has 0 fully saturated rings. The second kappa shape index (κ2) is 8.13. The molecule has 0 saturated heterocycles. The fourth-order valence-corrected chi connectivity index (χ4v) is 3.35. The third kappa shape index (κ3) is 3.97. The fourth-order valence-electron chi connectivity index (χ4n) is 3.35. The van der Waals surface area contributed by atoms with Crippen molar-refractivity contribution in [2.75, 3.05) is 7.11 Å². The predicted octanol–water partition coefficient (Wildman–Crippen LogP) is 2.65. The first-order valence-electron chi connectivity index (χ1n) is 9.49. The van der Waals surface area contributed by atoms with Crippen LogP contribution in [0.5, 0.6) is 5.75 Å². The Labute approximate surface area is 179 Å². The predicted molar refractivity (Wildman–Crippen MR) is 109 cm³/mol. The van der Waals surface area contributed by atoms with Gasteiger partial charge in [0.2, 0.25) is 0 Å². The van der Waals surface area contributed by atoms with Crippen LogP contribution in [0.25, 0.3) is 11.0 Å². The molecule has 0 unspecified atom stereocenters. The minimum Gasteiger partial charge on any atom is -0.496 e. The molecule has 11 heteroatoms. The van der Waals surface area contributed by atoms with Gasteiger partial charge in [-0.2, -0.15) is 13.2 Å². The summed E-state index contributed by atoms with van der Waals surface area (Å²) >= 11 is 0. The van der Waals surface area contributed by atoms with Crippen LogP contribution in [-0.2, 0) is 29.5 Å². The molecule has 0 amide bonds. The van der Waals surface area contributed by atoms with Gasteiger partial charge in [0.05, 0.1) is 12.6 Å². The first kappa shape index (κ1) is 23.0. The number of methoxy groups -OCH3 is 1. The van der Waals surface area contributed by atoms with Crippen molar-refractivity contribution in [2.24, 2.45) is 0 Å². The van der Waals surface area contributed by atoms with E-state index in [-0.39, 0.29) is 18.5 Å². The van der Waals surface area contributed by atoms with Crippen LogP contribution in [0, 0.1) is 0 Å². The molecule has 8 nitrogen and oxygen atoms in total. The standard InChI is InChI=1S/C21H20F3N3O5/c1-20(2,18(29)30)27-17(28)16-13(8-9-15(25-16)21(22,23)24)26(19(27)31)11-10-12-6-4-5-7-14(12)32-3/h4-9H,10-11H2,1-3H3,(H,29,30). The number of aliphatic carboxylic acids is 1. The first-order valence-corrected chi connectivity index (χ1v) is 9.49. The van der Waals surface area contributed by atoms with E-state index in [0.717, 1.165) is 24.5 Å². The molecule has 2 heterocycles.